The van der Waals surface area contributed by atoms with Crippen LogP contribution in [-0.2, 0) is 9.19 Å². The summed E-state index contributed by atoms with van der Waals surface area (Å²) in [6.45, 7) is 0. The van der Waals surface area contributed by atoms with Crippen molar-refractivity contribution in [3.63, 3.8) is 0 Å². The van der Waals surface area contributed by atoms with Crippen molar-refractivity contribution in [2.24, 2.45) is 0 Å². The lowest BCUT2D eigenvalue weighted by Gasteiger charge is -2.06. The summed E-state index contributed by atoms with van der Waals surface area (Å²) in [6.07, 6.45) is 0. The van der Waals surface area contributed by atoms with Crippen LogP contribution in [0.1, 0.15) is 0 Å². The van der Waals surface area contributed by atoms with Gasteiger partial charge in [-0.15, -0.1) is 0 Å². The molecule has 0 amide bonds. The van der Waals surface area contributed by atoms with E-state index in [1.165, 1.54) is 12.1 Å². The fraction of sp³-hybridized carbons (Fsp3) is 0. The van der Waals surface area contributed by atoms with Gasteiger partial charge in [0, 0.05) is 5.02 Å². The quantitative estimate of drug-likeness (QED) is 0.538. The maximum absolute atomic E-state index is 10.3. The SMILES string of the molecule is O=P(O)(O)ONc1ccc(Cl)cc1. The van der Waals surface area contributed by atoms with Gasteiger partial charge in [0.25, 0.3) is 0 Å². The van der Waals surface area contributed by atoms with Crippen molar-refractivity contribution >= 4 is 25.1 Å². The van der Waals surface area contributed by atoms with Crippen LogP contribution in [0, 0.1) is 0 Å². The van der Waals surface area contributed by atoms with Crippen LogP contribution in [0.3, 0.4) is 0 Å². The van der Waals surface area contributed by atoms with Crippen LogP contribution in [0.25, 0.3) is 0 Å². The van der Waals surface area contributed by atoms with Crippen LogP contribution in [-0.4, -0.2) is 9.79 Å². The van der Waals surface area contributed by atoms with Gasteiger partial charge in [-0.25, -0.2) is 4.57 Å². The third kappa shape index (κ3) is 4.26. The molecule has 0 saturated carbocycles. The second kappa shape index (κ2) is 4.09. The lowest BCUT2D eigenvalue weighted by atomic mass is 10.3. The Hall–Kier alpha value is -0.580. The fourth-order valence-corrected chi connectivity index (χ4v) is 0.980. The predicted molar refractivity (Wildman–Crippen MR) is 48.2 cm³/mol. The predicted octanol–water partition coefficient (Wildman–Crippen LogP) is 1.78. The molecule has 1 aromatic carbocycles. The van der Waals surface area contributed by atoms with E-state index in [-0.39, 0.29) is 0 Å². The van der Waals surface area contributed by atoms with Gasteiger partial charge in [-0.05, 0) is 24.3 Å². The zero-order valence-electron chi connectivity index (χ0n) is 6.35. The van der Waals surface area contributed by atoms with Gasteiger partial charge in [0.05, 0.1) is 5.69 Å². The van der Waals surface area contributed by atoms with Crippen LogP contribution in [0.15, 0.2) is 24.3 Å². The molecular formula is C6H7ClNO4P. The van der Waals surface area contributed by atoms with Gasteiger partial charge >= 0.3 is 7.82 Å². The maximum atomic E-state index is 10.3. The van der Waals surface area contributed by atoms with E-state index in [2.05, 4.69) is 10.1 Å². The summed E-state index contributed by atoms with van der Waals surface area (Å²) in [4.78, 5) is 16.7. The van der Waals surface area contributed by atoms with Crippen LogP contribution in [0.2, 0.25) is 5.02 Å². The summed E-state index contributed by atoms with van der Waals surface area (Å²) in [6, 6.07) is 6.18. The minimum atomic E-state index is -4.49. The molecule has 0 atom stereocenters. The molecule has 5 nitrogen and oxygen atoms in total. The molecule has 0 aliphatic heterocycles. The normalized spacial score (nSPS) is 11.3. The molecule has 1 aromatic rings. The molecule has 0 spiro atoms. The molecule has 0 unspecified atom stereocenters. The maximum Gasteiger partial charge on any atom is 0.491 e. The Kier molecular flexibility index (Phi) is 3.30. The van der Waals surface area contributed by atoms with Gasteiger partial charge in [0.15, 0.2) is 0 Å². The highest BCUT2D eigenvalue weighted by atomic mass is 35.5. The molecule has 72 valence electrons. The van der Waals surface area contributed by atoms with Crippen molar-refractivity contribution in [3.8, 4) is 0 Å². The van der Waals surface area contributed by atoms with Crippen LogP contribution < -0.4 is 5.48 Å². The average Bonchev–Trinajstić information content (AvgIpc) is 2.02. The first-order chi connectivity index (χ1) is 5.97. The number of halogens is 1. The summed E-state index contributed by atoms with van der Waals surface area (Å²) >= 11 is 5.58. The molecule has 0 aliphatic rings. The molecule has 0 aliphatic carbocycles. The highest BCUT2D eigenvalue weighted by Gasteiger charge is 2.13. The number of hydrogen-bond acceptors (Lipinski definition) is 3. The smallest absolute Gasteiger partial charge is 0.301 e. The first-order valence-electron chi connectivity index (χ1n) is 3.23. The number of phosphoric acid groups is 1. The highest BCUT2D eigenvalue weighted by Crippen LogP contribution is 2.35. The van der Waals surface area contributed by atoms with E-state index in [1.54, 1.807) is 12.1 Å². The molecule has 7 heteroatoms. The highest BCUT2D eigenvalue weighted by molar-refractivity contribution is 7.46. The Balaban J connectivity index is 2.56. The van der Waals surface area contributed by atoms with Crippen LogP contribution >= 0.6 is 19.4 Å². The molecule has 0 aromatic heterocycles. The molecular weight excluding hydrogens is 216 g/mol. The summed E-state index contributed by atoms with van der Waals surface area (Å²) in [7, 11) is -4.49. The second-order valence-electron chi connectivity index (χ2n) is 2.19. The van der Waals surface area contributed by atoms with Gasteiger partial charge in [-0.1, -0.05) is 11.6 Å². The summed E-state index contributed by atoms with van der Waals surface area (Å²) in [5.41, 5.74) is 2.50. The first kappa shape index (κ1) is 10.5. The molecule has 0 radical (unpaired) electrons. The zero-order valence-corrected chi connectivity index (χ0v) is 8.00. The molecule has 0 bridgehead atoms. The van der Waals surface area contributed by atoms with Gasteiger partial charge < -0.3 is 9.79 Å². The van der Waals surface area contributed by atoms with E-state index < -0.39 is 7.82 Å². The lowest BCUT2D eigenvalue weighted by Crippen LogP contribution is -1.97. The van der Waals surface area contributed by atoms with Crippen molar-refractivity contribution in [3.05, 3.63) is 29.3 Å². The van der Waals surface area contributed by atoms with Crippen LogP contribution in [0.4, 0.5) is 5.69 Å². The van der Waals surface area contributed by atoms with E-state index in [1.807, 2.05) is 0 Å². The second-order valence-corrected chi connectivity index (χ2v) is 3.79. The van der Waals surface area contributed by atoms with Gasteiger partial charge in [-0.2, -0.15) is 4.62 Å². The van der Waals surface area contributed by atoms with Gasteiger partial charge in [0.1, 0.15) is 0 Å². The fourth-order valence-electron chi connectivity index (χ4n) is 0.630. The summed E-state index contributed by atoms with van der Waals surface area (Å²) in [5, 5.41) is 0.529. The summed E-state index contributed by atoms with van der Waals surface area (Å²) < 4.78 is 14.3. The standard InChI is InChI=1S/C6H7ClNO4P/c7-5-1-3-6(4-2-5)8-12-13(9,10)11/h1-4,8H,(H2,9,10,11). The molecule has 0 saturated heterocycles. The molecule has 1 rings (SSSR count). The van der Waals surface area contributed by atoms with Crippen molar-refractivity contribution in [2.45, 2.75) is 0 Å². The number of hydrogen-bond donors (Lipinski definition) is 3. The molecule has 0 heterocycles. The largest absolute Gasteiger partial charge is 0.491 e. The van der Waals surface area contributed by atoms with Gasteiger partial charge in [0.2, 0.25) is 0 Å². The molecule has 0 fully saturated rings. The number of nitrogens with one attached hydrogen (secondary N) is 1. The van der Waals surface area contributed by atoms with E-state index in [9.17, 15) is 4.57 Å². The van der Waals surface area contributed by atoms with E-state index in [0.29, 0.717) is 10.7 Å². The first-order valence-corrected chi connectivity index (χ1v) is 5.14. The minimum absolute atomic E-state index is 0.410. The van der Waals surface area contributed by atoms with Crippen molar-refractivity contribution in [1.29, 1.82) is 0 Å². The number of benzene rings is 1. The zero-order chi connectivity index (χ0) is 9.90. The van der Waals surface area contributed by atoms with E-state index in [0.717, 1.165) is 0 Å². The Morgan fingerprint density at radius 2 is 1.85 bits per heavy atom. The molecule has 13 heavy (non-hydrogen) atoms. The third-order valence-electron chi connectivity index (χ3n) is 1.13. The van der Waals surface area contributed by atoms with Crippen molar-refractivity contribution in [2.75, 3.05) is 5.48 Å². The monoisotopic (exact) mass is 223 g/mol. The number of rotatable bonds is 3. The molecule has 3 N–H and O–H groups in total. The summed E-state index contributed by atoms with van der Waals surface area (Å²) in [5.74, 6) is 0. The van der Waals surface area contributed by atoms with Gasteiger partial charge in [-0.3, -0.25) is 5.48 Å². The lowest BCUT2D eigenvalue weighted by molar-refractivity contribution is 0.233. The Morgan fingerprint density at radius 3 is 2.31 bits per heavy atom. The minimum Gasteiger partial charge on any atom is -0.301 e. The average molecular weight is 224 g/mol. The number of anilines is 1. The Labute approximate surface area is 79.5 Å². The Morgan fingerprint density at radius 1 is 1.31 bits per heavy atom. The third-order valence-corrected chi connectivity index (χ3v) is 1.71. The van der Waals surface area contributed by atoms with Crippen molar-refractivity contribution < 1.29 is 19.0 Å². The van der Waals surface area contributed by atoms with Crippen molar-refractivity contribution in [1.82, 2.24) is 0 Å². The van der Waals surface area contributed by atoms with E-state index >= 15 is 0 Å². The van der Waals surface area contributed by atoms with E-state index in [4.69, 9.17) is 21.4 Å². The Bertz CT molecular complexity index is 322. The van der Waals surface area contributed by atoms with Crippen LogP contribution in [0.5, 0.6) is 0 Å². The topological polar surface area (TPSA) is 78.8 Å².